The highest BCUT2D eigenvalue weighted by molar-refractivity contribution is 6.30. The number of carbonyl (C=O) groups excluding carboxylic acids is 1. The molecule has 0 spiro atoms. The van der Waals surface area contributed by atoms with Gasteiger partial charge >= 0.3 is 5.97 Å². The number of benzene rings is 4. The summed E-state index contributed by atoms with van der Waals surface area (Å²) in [7, 11) is 0. The zero-order valence-electron chi connectivity index (χ0n) is 19.6. The molecule has 4 aromatic carbocycles. The summed E-state index contributed by atoms with van der Waals surface area (Å²) in [5.41, 5.74) is 5.88. The summed E-state index contributed by atoms with van der Waals surface area (Å²) in [6.07, 6.45) is 0.408. The lowest BCUT2D eigenvalue weighted by molar-refractivity contribution is -0.0190. The third-order valence-corrected chi connectivity index (χ3v) is 6.79. The minimum Gasteiger partial charge on any atom is -0.464 e. The highest BCUT2D eigenvalue weighted by Gasteiger charge is 2.40. The summed E-state index contributed by atoms with van der Waals surface area (Å²) in [5.74, 6) is 0.883. The molecule has 2 aliphatic rings. The molecule has 2 aliphatic heterocycles. The topological polar surface area (TPSA) is 51.1 Å². The van der Waals surface area contributed by atoms with E-state index < -0.39 is 12.2 Å². The predicted molar refractivity (Wildman–Crippen MR) is 140 cm³/mol. The van der Waals surface area contributed by atoms with E-state index in [4.69, 9.17) is 26.2 Å². The Morgan fingerprint density at radius 1 is 0.944 bits per heavy atom. The molecule has 0 aliphatic carbocycles. The number of hydrogen-bond donors (Lipinski definition) is 0. The van der Waals surface area contributed by atoms with Crippen LogP contribution in [0.25, 0.3) is 0 Å². The second-order valence-electron chi connectivity index (χ2n) is 8.99. The first-order chi connectivity index (χ1) is 17.5. The quantitative estimate of drug-likeness (QED) is 0.224. The molecule has 178 valence electrons. The molecular weight excluding hydrogens is 472 g/mol. The predicted octanol–water partition coefficient (Wildman–Crippen LogP) is 7.11. The summed E-state index contributed by atoms with van der Waals surface area (Å²) in [6, 6.07) is 30.7. The molecule has 6 rings (SSSR count). The molecule has 2 atom stereocenters. The van der Waals surface area contributed by atoms with Gasteiger partial charge in [0.05, 0.1) is 17.3 Å². The summed E-state index contributed by atoms with van der Waals surface area (Å²) >= 11 is 5.91. The summed E-state index contributed by atoms with van der Waals surface area (Å²) in [4.78, 5) is 12.5. The van der Waals surface area contributed by atoms with E-state index in [-0.39, 0.29) is 6.04 Å². The van der Waals surface area contributed by atoms with Crippen molar-refractivity contribution in [3.63, 3.8) is 0 Å². The van der Waals surface area contributed by atoms with Crippen molar-refractivity contribution in [3.05, 3.63) is 130 Å². The number of rotatable bonds is 4. The molecule has 0 radical (unpaired) electrons. The van der Waals surface area contributed by atoms with Gasteiger partial charge in [-0.2, -0.15) is 5.10 Å². The van der Waals surface area contributed by atoms with Gasteiger partial charge < -0.3 is 9.47 Å². The van der Waals surface area contributed by atoms with Crippen molar-refractivity contribution in [2.24, 2.45) is 5.10 Å². The van der Waals surface area contributed by atoms with Gasteiger partial charge in [0, 0.05) is 22.6 Å². The molecule has 0 N–H and O–H groups in total. The number of fused-ring (bicyclic) bond motifs is 3. The summed E-state index contributed by atoms with van der Waals surface area (Å²) in [5, 5.41) is 7.63. The van der Waals surface area contributed by atoms with Gasteiger partial charge in [0.2, 0.25) is 6.23 Å². The van der Waals surface area contributed by atoms with Gasteiger partial charge in [-0.05, 0) is 67.1 Å². The van der Waals surface area contributed by atoms with E-state index in [1.54, 1.807) is 36.4 Å². The van der Waals surface area contributed by atoms with Crippen LogP contribution in [0.5, 0.6) is 11.5 Å². The van der Waals surface area contributed by atoms with E-state index in [9.17, 15) is 4.79 Å². The van der Waals surface area contributed by atoms with Crippen LogP contribution in [-0.2, 0) is 0 Å². The fourth-order valence-corrected chi connectivity index (χ4v) is 4.75. The minimum absolute atomic E-state index is 0.0821. The Hall–Kier alpha value is -4.09. The van der Waals surface area contributed by atoms with E-state index in [0.29, 0.717) is 16.3 Å². The van der Waals surface area contributed by atoms with Gasteiger partial charge in [0.15, 0.2) is 0 Å². The molecule has 36 heavy (non-hydrogen) atoms. The average Bonchev–Trinajstić information content (AvgIpc) is 3.35. The molecule has 2 heterocycles. The van der Waals surface area contributed by atoms with Crippen LogP contribution >= 0.6 is 11.6 Å². The van der Waals surface area contributed by atoms with Crippen LogP contribution in [0.4, 0.5) is 0 Å². The number of carbonyl (C=O) groups is 1. The number of hydrazone groups is 1. The lowest BCUT2D eigenvalue weighted by Gasteiger charge is -2.38. The summed E-state index contributed by atoms with van der Waals surface area (Å²) in [6.45, 7) is 2.08. The highest BCUT2D eigenvalue weighted by Crippen LogP contribution is 2.47. The second kappa shape index (κ2) is 9.17. The fraction of sp³-hybridized carbons (Fsp3) is 0.133. The number of ether oxygens (including phenoxy) is 2. The standard InChI is InChI=1S/C30H23ClN2O3/c1-19-6-8-20(9-7-19)26-18-27-25-4-2-3-5-28(25)36-29(33(27)32-26)21-12-16-24(17-13-21)35-30(34)22-10-14-23(31)15-11-22/h2-17,27,29H,18H2,1H3/t27-,29+/m0/s1. The average molecular weight is 495 g/mol. The smallest absolute Gasteiger partial charge is 0.343 e. The van der Waals surface area contributed by atoms with E-state index in [1.165, 1.54) is 5.56 Å². The van der Waals surface area contributed by atoms with Crippen molar-refractivity contribution in [1.82, 2.24) is 5.01 Å². The number of hydrogen-bond acceptors (Lipinski definition) is 5. The number of nitrogens with zero attached hydrogens (tertiary/aromatic N) is 2. The monoisotopic (exact) mass is 494 g/mol. The number of aryl methyl sites for hydroxylation is 1. The van der Waals surface area contributed by atoms with Crippen molar-refractivity contribution >= 4 is 23.3 Å². The maximum absolute atomic E-state index is 12.5. The molecule has 0 fully saturated rings. The molecule has 0 unspecified atom stereocenters. The first-order valence-electron chi connectivity index (χ1n) is 11.8. The van der Waals surface area contributed by atoms with Gasteiger partial charge in [-0.3, -0.25) is 0 Å². The van der Waals surface area contributed by atoms with Crippen molar-refractivity contribution in [2.75, 3.05) is 0 Å². The Morgan fingerprint density at radius 3 is 2.42 bits per heavy atom. The maximum Gasteiger partial charge on any atom is 0.343 e. The minimum atomic E-state index is -0.436. The molecule has 0 saturated heterocycles. The van der Waals surface area contributed by atoms with Crippen LogP contribution in [0.1, 0.15) is 51.3 Å². The van der Waals surface area contributed by atoms with Crippen molar-refractivity contribution in [2.45, 2.75) is 25.6 Å². The third kappa shape index (κ3) is 4.23. The van der Waals surface area contributed by atoms with Gasteiger partial charge in [-0.1, -0.05) is 59.6 Å². The first-order valence-corrected chi connectivity index (χ1v) is 12.2. The van der Waals surface area contributed by atoms with E-state index in [2.05, 4.69) is 37.3 Å². The molecule has 0 aromatic heterocycles. The van der Waals surface area contributed by atoms with Crippen LogP contribution in [0.2, 0.25) is 5.02 Å². The Balaban J connectivity index is 1.28. The highest BCUT2D eigenvalue weighted by atomic mass is 35.5. The van der Waals surface area contributed by atoms with Crippen molar-refractivity contribution in [3.8, 4) is 11.5 Å². The summed E-state index contributed by atoms with van der Waals surface area (Å²) < 4.78 is 12.0. The first kappa shape index (κ1) is 22.4. The number of para-hydroxylation sites is 1. The molecule has 0 bridgehead atoms. The largest absolute Gasteiger partial charge is 0.464 e. The number of halogens is 1. The fourth-order valence-electron chi connectivity index (χ4n) is 4.63. The lowest BCUT2D eigenvalue weighted by atomic mass is 9.95. The zero-order chi connectivity index (χ0) is 24.6. The normalized spacial score (nSPS) is 18.1. The van der Waals surface area contributed by atoms with E-state index in [0.717, 1.165) is 34.6 Å². The maximum atomic E-state index is 12.5. The Bertz CT molecular complexity index is 1450. The van der Waals surface area contributed by atoms with E-state index >= 15 is 0 Å². The van der Waals surface area contributed by atoms with Crippen LogP contribution < -0.4 is 9.47 Å². The van der Waals surface area contributed by atoms with Crippen molar-refractivity contribution < 1.29 is 14.3 Å². The van der Waals surface area contributed by atoms with Crippen molar-refractivity contribution in [1.29, 1.82) is 0 Å². The number of esters is 1. The Labute approximate surface area is 214 Å². The van der Waals surface area contributed by atoms with Gasteiger partial charge in [-0.15, -0.1) is 0 Å². The molecule has 0 saturated carbocycles. The SMILES string of the molecule is Cc1ccc(C2=NN3[C@@H](c4ccc(OC(=O)c5ccc(Cl)cc5)cc4)Oc4ccccc4[C@@H]3C2)cc1. The van der Waals surface area contributed by atoms with Gasteiger partial charge in [-0.25, -0.2) is 9.80 Å². The van der Waals surface area contributed by atoms with Crippen LogP contribution in [0.3, 0.4) is 0 Å². The van der Waals surface area contributed by atoms with E-state index in [1.807, 2.05) is 35.3 Å². The molecule has 6 heteroatoms. The van der Waals surface area contributed by atoms with Gasteiger partial charge in [0.1, 0.15) is 11.5 Å². The Morgan fingerprint density at radius 2 is 1.67 bits per heavy atom. The lowest BCUT2D eigenvalue weighted by Crippen LogP contribution is -2.33. The molecular formula is C30H23ClN2O3. The second-order valence-corrected chi connectivity index (χ2v) is 9.42. The van der Waals surface area contributed by atoms with Crippen LogP contribution in [-0.4, -0.2) is 16.7 Å². The Kier molecular flexibility index (Phi) is 5.70. The van der Waals surface area contributed by atoms with Gasteiger partial charge in [0.25, 0.3) is 0 Å². The van der Waals surface area contributed by atoms with Crippen LogP contribution in [0.15, 0.2) is 102 Å². The zero-order valence-corrected chi connectivity index (χ0v) is 20.4. The third-order valence-electron chi connectivity index (χ3n) is 6.54. The molecule has 5 nitrogen and oxygen atoms in total. The molecule has 0 amide bonds. The molecule has 4 aromatic rings. The van der Waals surface area contributed by atoms with Crippen LogP contribution in [0, 0.1) is 6.92 Å².